The minimum atomic E-state index is -0.0765. The molecule has 0 fully saturated rings. The number of aromatic nitrogens is 3. The van der Waals surface area contributed by atoms with Crippen molar-refractivity contribution in [1.82, 2.24) is 15.2 Å². The van der Waals surface area contributed by atoms with Gasteiger partial charge >= 0.3 is 0 Å². The molecule has 3 rings (SSSR count). The van der Waals surface area contributed by atoms with Gasteiger partial charge in [-0.2, -0.15) is 5.10 Å². The lowest BCUT2D eigenvalue weighted by Crippen LogP contribution is -2.14. The molecule has 2 N–H and O–H groups in total. The minimum Gasteiger partial charge on any atom is -0.324 e. The molecule has 2 aromatic heterocycles. The molecule has 2 heterocycles. The van der Waals surface area contributed by atoms with Crippen LogP contribution in [0.4, 0.5) is 5.69 Å². The molecule has 6 heteroatoms. The second kappa shape index (κ2) is 4.81. The summed E-state index contributed by atoms with van der Waals surface area (Å²) < 4.78 is 0. The van der Waals surface area contributed by atoms with Gasteiger partial charge in [0.05, 0.1) is 34.5 Å². The first kappa shape index (κ1) is 11.9. The first-order valence-electron chi connectivity index (χ1n) is 5.85. The van der Waals surface area contributed by atoms with Gasteiger partial charge in [0.2, 0.25) is 5.91 Å². The summed E-state index contributed by atoms with van der Waals surface area (Å²) in [6.45, 7) is 1.93. The summed E-state index contributed by atoms with van der Waals surface area (Å²) in [6.07, 6.45) is 2.02. The van der Waals surface area contributed by atoms with Gasteiger partial charge in [-0.25, -0.2) is 4.98 Å². The number of carbonyl (C=O) groups is 1. The second-order valence-corrected chi connectivity index (χ2v) is 5.28. The number of hydrogen-bond donors (Lipinski definition) is 2. The number of thiazole rings is 1. The fraction of sp³-hybridized carbons (Fsp3) is 0.154. The number of amides is 1. The number of para-hydroxylation sites is 1. The molecule has 19 heavy (non-hydrogen) atoms. The molecule has 3 aromatic rings. The number of anilines is 1. The van der Waals surface area contributed by atoms with Crippen molar-refractivity contribution < 1.29 is 4.79 Å². The first-order chi connectivity index (χ1) is 9.22. The molecule has 1 amide bonds. The summed E-state index contributed by atoms with van der Waals surface area (Å²) in [7, 11) is 0. The summed E-state index contributed by atoms with van der Waals surface area (Å²) in [5.41, 5.74) is 2.38. The molecule has 5 nitrogen and oxygen atoms in total. The van der Waals surface area contributed by atoms with Crippen LogP contribution in [0.25, 0.3) is 10.9 Å². The molecule has 0 saturated heterocycles. The van der Waals surface area contributed by atoms with Crippen molar-refractivity contribution in [3.8, 4) is 0 Å². The van der Waals surface area contributed by atoms with E-state index in [4.69, 9.17) is 0 Å². The molecule has 0 spiro atoms. The summed E-state index contributed by atoms with van der Waals surface area (Å²) >= 11 is 1.55. The third-order valence-corrected chi connectivity index (χ3v) is 3.58. The van der Waals surface area contributed by atoms with Crippen molar-refractivity contribution in [1.29, 1.82) is 0 Å². The van der Waals surface area contributed by atoms with E-state index in [1.165, 1.54) is 0 Å². The van der Waals surface area contributed by atoms with Crippen molar-refractivity contribution in [3.05, 3.63) is 40.5 Å². The zero-order valence-electron chi connectivity index (χ0n) is 10.3. The Labute approximate surface area is 113 Å². The zero-order valence-corrected chi connectivity index (χ0v) is 11.1. The smallest absolute Gasteiger partial charge is 0.230 e. The molecular weight excluding hydrogens is 260 g/mol. The fourth-order valence-corrected chi connectivity index (χ4v) is 2.53. The molecule has 1 aromatic carbocycles. The molecule has 0 aliphatic heterocycles. The Hall–Kier alpha value is -2.21. The van der Waals surface area contributed by atoms with Crippen LogP contribution >= 0.6 is 11.3 Å². The first-order valence-corrected chi connectivity index (χ1v) is 6.73. The predicted octanol–water partition coefficient (Wildman–Crippen LogP) is 2.51. The van der Waals surface area contributed by atoms with Gasteiger partial charge in [-0.05, 0) is 13.0 Å². The van der Waals surface area contributed by atoms with Crippen LogP contribution in [0.3, 0.4) is 0 Å². The molecule has 0 aliphatic rings. The fourth-order valence-electron chi connectivity index (χ4n) is 1.92. The van der Waals surface area contributed by atoms with Gasteiger partial charge in [0.1, 0.15) is 0 Å². The van der Waals surface area contributed by atoms with E-state index < -0.39 is 0 Å². The molecular formula is C13H12N4OS. The topological polar surface area (TPSA) is 70.7 Å². The summed E-state index contributed by atoms with van der Waals surface area (Å²) in [5.74, 6) is -0.0765. The van der Waals surface area contributed by atoms with Gasteiger partial charge in [-0.1, -0.05) is 12.1 Å². The number of fused-ring (bicyclic) bond motifs is 1. The average molecular weight is 272 g/mol. The van der Waals surface area contributed by atoms with Crippen LogP contribution in [0.1, 0.15) is 10.7 Å². The van der Waals surface area contributed by atoms with Crippen LogP contribution in [0.5, 0.6) is 0 Å². The molecule has 0 unspecified atom stereocenters. The highest BCUT2D eigenvalue weighted by Gasteiger charge is 2.09. The highest BCUT2D eigenvalue weighted by Crippen LogP contribution is 2.20. The minimum absolute atomic E-state index is 0.0765. The van der Waals surface area contributed by atoms with E-state index in [1.807, 2.05) is 30.5 Å². The Bertz CT molecular complexity index is 731. The normalized spacial score (nSPS) is 10.8. The summed E-state index contributed by atoms with van der Waals surface area (Å²) in [6, 6.07) is 5.68. The highest BCUT2D eigenvalue weighted by molar-refractivity contribution is 7.09. The SMILES string of the molecule is Cc1nc(CC(=O)Nc2cccc3cn[nH]c23)cs1. The van der Waals surface area contributed by atoms with E-state index in [2.05, 4.69) is 20.5 Å². The molecule has 96 valence electrons. The van der Waals surface area contributed by atoms with Crippen LogP contribution in [-0.2, 0) is 11.2 Å². The lowest BCUT2D eigenvalue weighted by molar-refractivity contribution is -0.115. The number of nitrogens with one attached hydrogen (secondary N) is 2. The van der Waals surface area contributed by atoms with Gasteiger partial charge in [-0.15, -0.1) is 11.3 Å². The van der Waals surface area contributed by atoms with E-state index in [-0.39, 0.29) is 12.3 Å². The van der Waals surface area contributed by atoms with E-state index in [9.17, 15) is 4.79 Å². The van der Waals surface area contributed by atoms with Crippen molar-refractivity contribution in [2.75, 3.05) is 5.32 Å². The van der Waals surface area contributed by atoms with Gasteiger partial charge in [-0.3, -0.25) is 9.89 Å². The van der Waals surface area contributed by atoms with Crippen molar-refractivity contribution in [3.63, 3.8) is 0 Å². The summed E-state index contributed by atoms with van der Waals surface area (Å²) in [5, 5.41) is 13.6. The third kappa shape index (κ3) is 2.48. The number of hydrogen-bond acceptors (Lipinski definition) is 4. The predicted molar refractivity (Wildman–Crippen MR) is 75.3 cm³/mol. The Morgan fingerprint density at radius 3 is 3.16 bits per heavy atom. The van der Waals surface area contributed by atoms with Crippen molar-refractivity contribution in [2.45, 2.75) is 13.3 Å². The maximum absolute atomic E-state index is 12.0. The Morgan fingerprint density at radius 2 is 2.37 bits per heavy atom. The van der Waals surface area contributed by atoms with Gasteiger partial charge in [0.25, 0.3) is 0 Å². The van der Waals surface area contributed by atoms with Crippen molar-refractivity contribution >= 4 is 33.8 Å². The average Bonchev–Trinajstić information content (AvgIpc) is 2.98. The number of carbonyl (C=O) groups excluding carboxylic acids is 1. The number of nitrogens with zero attached hydrogens (tertiary/aromatic N) is 2. The number of benzene rings is 1. The van der Waals surface area contributed by atoms with Crippen LogP contribution in [0, 0.1) is 6.92 Å². The number of H-pyrrole nitrogens is 1. The molecule has 0 saturated carbocycles. The van der Waals surface area contributed by atoms with Crippen LogP contribution < -0.4 is 5.32 Å². The Kier molecular flexibility index (Phi) is 3.00. The number of rotatable bonds is 3. The number of aromatic amines is 1. The monoisotopic (exact) mass is 272 g/mol. The lowest BCUT2D eigenvalue weighted by Gasteiger charge is -2.04. The molecule has 0 bridgehead atoms. The van der Waals surface area contributed by atoms with E-state index in [0.29, 0.717) is 0 Å². The Balaban J connectivity index is 1.77. The van der Waals surface area contributed by atoms with Gasteiger partial charge in [0.15, 0.2) is 0 Å². The van der Waals surface area contributed by atoms with Gasteiger partial charge < -0.3 is 5.32 Å². The molecule has 0 aliphatic carbocycles. The maximum Gasteiger partial charge on any atom is 0.230 e. The quantitative estimate of drug-likeness (QED) is 0.769. The Morgan fingerprint density at radius 1 is 1.47 bits per heavy atom. The molecule has 0 radical (unpaired) electrons. The van der Waals surface area contributed by atoms with Crippen LogP contribution in [0.2, 0.25) is 0 Å². The highest BCUT2D eigenvalue weighted by atomic mass is 32.1. The van der Waals surface area contributed by atoms with Crippen molar-refractivity contribution in [2.24, 2.45) is 0 Å². The van der Waals surface area contributed by atoms with E-state index in [1.54, 1.807) is 17.5 Å². The molecule has 0 atom stereocenters. The largest absolute Gasteiger partial charge is 0.324 e. The number of aryl methyl sites for hydroxylation is 1. The van der Waals surface area contributed by atoms with Crippen LogP contribution in [0.15, 0.2) is 29.8 Å². The third-order valence-electron chi connectivity index (χ3n) is 2.76. The second-order valence-electron chi connectivity index (χ2n) is 4.22. The van der Waals surface area contributed by atoms with E-state index in [0.717, 1.165) is 27.3 Å². The summed E-state index contributed by atoms with van der Waals surface area (Å²) in [4.78, 5) is 16.3. The van der Waals surface area contributed by atoms with Gasteiger partial charge in [0, 0.05) is 10.8 Å². The van der Waals surface area contributed by atoms with E-state index >= 15 is 0 Å². The zero-order chi connectivity index (χ0) is 13.2. The maximum atomic E-state index is 12.0. The standard InChI is InChI=1S/C13H12N4OS/c1-8-15-10(7-19-8)5-12(18)16-11-4-2-3-9-6-14-17-13(9)11/h2-4,6-7H,5H2,1H3,(H,14,17)(H,16,18). The van der Waals surface area contributed by atoms with Crippen LogP contribution in [-0.4, -0.2) is 21.1 Å². The lowest BCUT2D eigenvalue weighted by atomic mass is 10.2.